The third kappa shape index (κ3) is 5.21. The van der Waals surface area contributed by atoms with Crippen molar-refractivity contribution in [2.75, 3.05) is 32.7 Å². The first-order valence-corrected chi connectivity index (χ1v) is 10.3. The summed E-state index contributed by atoms with van der Waals surface area (Å²) in [6.07, 6.45) is 0.872. The zero-order valence-electron chi connectivity index (χ0n) is 17.2. The predicted octanol–water partition coefficient (Wildman–Crippen LogP) is 3.08. The Morgan fingerprint density at radius 2 is 1.90 bits per heavy atom. The molecule has 0 aliphatic carbocycles. The fourth-order valence-corrected chi connectivity index (χ4v) is 3.97. The Hall–Kier alpha value is -2.28. The molecule has 3 amide bonds. The first-order valence-electron chi connectivity index (χ1n) is 9.95. The monoisotopic (exact) mass is 421 g/mol. The van der Waals surface area contributed by atoms with Gasteiger partial charge in [-0.1, -0.05) is 29.8 Å². The number of carbonyl (C=O) groups is 3. The third-order valence-corrected chi connectivity index (χ3v) is 5.46. The number of likely N-dealkylation sites (tertiary alicyclic amines) is 1. The van der Waals surface area contributed by atoms with Gasteiger partial charge in [0.15, 0.2) is 0 Å². The van der Waals surface area contributed by atoms with Gasteiger partial charge >= 0.3 is 6.09 Å². The first kappa shape index (κ1) is 21.4. The van der Waals surface area contributed by atoms with Crippen LogP contribution in [0.3, 0.4) is 0 Å². The van der Waals surface area contributed by atoms with E-state index < -0.39 is 17.7 Å². The topological polar surface area (TPSA) is 70.2 Å². The maximum atomic E-state index is 13.1. The molecule has 0 aromatic heterocycles. The molecule has 0 bridgehead atoms. The summed E-state index contributed by atoms with van der Waals surface area (Å²) in [4.78, 5) is 42.5. The van der Waals surface area contributed by atoms with E-state index in [4.69, 9.17) is 16.3 Å². The van der Waals surface area contributed by atoms with Crippen molar-refractivity contribution >= 4 is 29.5 Å². The molecule has 0 spiro atoms. The highest BCUT2D eigenvalue weighted by Crippen LogP contribution is 2.31. The minimum Gasteiger partial charge on any atom is -0.444 e. The number of amides is 3. The van der Waals surface area contributed by atoms with Gasteiger partial charge in [0.25, 0.3) is 0 Å². The molecule has 8 heteroatoms. The number of hydrogen-bond acceptors (Lipinski definition) is 4. The van der Waals surface area contributed by atoms with E-state index >= 15 is 0 Å². The summed E-state index contributed by atoms with van der Waals surface area (Å²) in [6.45, 7) is 7.16. The van der Waals surface area contributed by atoms with Gasteiger partial charge in [-0.2, -0.15) is 0 Å². The molecule has 2 aliphatic heterocycles. The Labute approximate surface area is 176 Å². The van der Waals surface area contributed by atoms with E-state index in [1.165, 1.54) is 0 Å². The molecule has 0 N–H and O–H groups in total. The Morgan fingerprint density at radius 3 is 2.52 bits per heavy atom. The third-order valence-electron chi connectivity index (χ3n) is 5.11. The number of carbonyl (C=O) groups excluding carboxylic acids is 3. The summed E-state index contributed by atoms with van der Waals surface area (Å²) >= 11 is 6.42. The van der Waals surface area contributed by atoms with Crippen LogP contribution in [0.4, 0.5) is 4.79 Å². The highest BCUT2D eigenvalue weighted by atomic mass is 35.5. The molecule has 1 aromatic rings. The quantitative estimate of drug-likeness (QED) is 0.752. The number of benzene rings is 1. The van der Waals surface area contributed by atoms with Gasteiger partial charge in [0.1, 0.15) is 5.60 Å². The highest BCUT2D eigenvalue weighted by molar-refractivity contribution is 6.31. The second kappa shape index (κ2) is 8.61. The summed E-state index contributed by atoms with van der Waals surface area (Å²) in [5.74, 6) is -0.117. The Morgan fingerprint density at radius 1 is 1.17 bits per heavy atom. The Bertz CT molecular complexity index is 792. The molecule has 1 aromatic carbocycles. The van der Waals surface area contributed by atoms with Gasteiger partial charge in [0.2, 0.25) is 11.8 Å². The van der Waals surface area contributed by atoms with Gasteiger partial charge in [-0.05, 0) is 38.8 Å². The van der Waals surface area contributed by atoms with E-state index in [2.05, 4.69) is 0 Å². The Balaban J connectivity index is 1.80. The number of nitrogens with zero attached hydrogens (tertiary/aromatic N) is 3. The number of rotatable bonds is 3. The molecule has 2 heterocycles. The average Bonchev–Trinajstić information content (AvgIpc) is 3.05. The van der Waals surface area contributed by atoms with E-state index in [0.29, 0.717) is 37.6 Å². The number of hydrogen-bond donors (Lipinski definition) is 0. The standard InChI is InChI=1S/C21H28ClN3O4/c1-21(2,3)29-20(28)24-11-12-25(19(27)14-23-10-6-9-18(23)26)17(13-24)15-7-4-5-8-16(15)22/h4-5,7-8,17H,6,9-14H2,1-3H3/t17-/m0/s1. The lowest BCUT2D eigenvalue weighted by atomic mass is 10.0. The molecule has 0 unspecified atom stereocenters. The normalized spacial score (nSPS) is 20.2. The van der Waals surface area contributed by atoms with Gasteiger partial charge in [-0.25, -0.2) is 4.79 Å². The molecular formula is C21H28ClN3O4. The summed E-state index contributed by atoms with van der Waals surface area (Å²) < 4.78 is 5.51. The molecule has 2 fully saturated rings. The molecule has 29 heavy (non-hydrogen) atoms. The van der Waals surface area contributed by atoms with Crippen molar-refractivity contribution in [1.82, 2.24) is 14.7 Å². The molecule has 7 nitrogen and oxygen atoms in total. The van der Waals surface area contributed by atoms with Crippen LogP contribution in [0.1, 0.15) is 45.2 Å². The lowest BCUT2D eigenvalue weighted by Gasteiger charge is -2.42. The van der Waals surface area contributed by atoms with Crippen LogP contribution in [0.2, 0.25) is 5.02 Å². The van der Waals surface area contributed by atoms with Crippen molar-refractivity contribution < 1.29 is 19.1 Å². The van der Waals surface area contributed by atoms with E-state index in [1.807, 2.05) is 39.0 Å². The van der Waals surface area contributed by atoms with Gasteiger partial charge < -0.3 is 19.4 Å². The fraction of sp³-hybridized carbons (Fsp3) is 0.571. The van der Waals surface area contributed by atoms with Crippen LogP contribution in [0.5, 0.6) is 0 Å². The maximum absolute atomic E-state index is 13.1. The molecule has 0 radical (unpaired) electrons. The number of piperazine rings is 1. The van der Waals surface area contributed by atoms with Crippen LogP contribution >= 0.6 is 11.6 Å². The van der Waals surface area contributed by atoms with Crippen LogP contribution in [-0.4, -0.2) is 70.9 Å². The molecular weight excluding hydrogens is 394 g/mol. The second-order valence-electron chi connectivity index (χ2n) is 8.47. The summed E-state index contributed by atoms with van der Waals surface area (Å²) in [7, 11) is 0. The molecule has 0 saturated carbocycles. The minimum absolute atomic E-state index is 0.0139. The van der Waals surface area contributed by atoms with Crippen molar-refractivity contribution in [3.63, 3.8) is 0 Å². The van der Waals surface area contributed by atoms with Crippen molar-refractivity contribution in [2.24, 2.45) is 0 Å². The largest absolute Gasteiger partial charge is 0.444 e. The van der Waals surface area contributed by atoms with Gasteiger partial charge in [0, 0.05) is 37.6 Å². The molecule has 3 rings (SSSR count). The molecule has 1 atom stereocenters. The molecule has 2 aliphatic rings. The summed E-state index contributed by atoms with van der Waals surface area (Å²) in [6, 6.07) is 6.94. The second-order valence-corrected chi connectivity index (χ2v) is 8.88. The number of ether oxygens (including phenoxy) is 1. The summed E-state index contributed by atoms with van der Waals surface area (Å²) in [5, 5.41) is 0.540. The van der Waals surface area contributed by atoms with E-state index in [9.17, 15) is 14.4 Å². The van der Waals surface area contributed by atoms with Crippen LogP contribution < -0.4 is 0 Å². The van der Waals surface area contributed by atoms with Crippen molar-refractivity contribution in [1.29, 1.82) is 0 Å². The van der Waals surface area contributed by atoms with Crippen molar-refractivity contribution in [3.8, 4) is 0 Å². The van der Waals surface area contributed by atoms with Crippen LogP contribution in [0, 0.1) is 0 Å². The lowest BCUT2D eigenvalue weighted by molar-refractivity contribution is -0.142. The van der Waals surface area contributed by atoms with Crippen LogP contribution in [-0.2, 0) is 14.3 Å². The van der Waals surface area contributed by atoms with Crippen LogP contribution in [0.15, 0.2) is 24.3 Å². The smallest absolute Gasteiger partial charge is 0.410 e. The first-order chi connectivity index (χ1) is 13.7. The van der Waals surface area contributed by atoms with Gasteiger partial charge in [-0.3, -0.25) is 9.59 Å². The van der Waals surface area contributed by atoms with E-state index in [-0.39, 0.29) is 18.4 Å². The molecule has 158 valence electrons. The predicted molar refractivity (Wildman–Crippen MR) is 110 cm³/mol. The van der Waals surface area contributed by atoms with E-state index in [1.54, 1.807) is 20.8 Å². The van der Waals surface area contributed by atoms with Crippen molar-refractivity contribution in [3.05, 3.63) is 34.9 Å². The maximum Gasteiger partial charge on any atom is 0.410 e. The Kier molecular flexibility index (Phi) is 6.36. The number of halogens is 1. The highest BCUT2D eigenvalue weighted by Gasteiger charge is 2.37. The minimum atomic E-state index is -0.597. The zero-order valence-corrected chi connectivity index (χ0v) is 17.9. The van der Waals surface area contributed by atoms with E-state index in [0.717, 1.165) is 12.0 Å². The SMILES string of the molecule is CC(C)(C)OC(=O)N1CCN(C(=O)CN2CCCC2=O)[C@H](c2ccccc2Cl)C1. The van der Waals surface area contributed by atoms with Crippen LogP contribution in [0.25, 0.3) is 0 Å². The molecule has 2 saturated heterocycles. The van der Waals surface area contributed by atoms with Gasteiger partial charge in [-0.15, -0.1) is 0 Å². The van der Waals surface area contributed by atoms with Gasteiger partial charge in [0.05, 0.1) is 12.6 Å². The zero-order chi connectivity index (χ0) is 21.2. The summed E-state index contributed by atoms with van der Waals surface area (Å²) in [5.41, 5.74) is 0.184. The lowest BCUT2D eigenvalue weighted by Crippen LogP contribution is -2.55. The van der Waals surface area contributed by atoms with Crippen molar-refractivity contribution in [2.45, 2.75) is 45.3 Å². The average molecular weight is 422 g/mol. The fourth-order valence-electron chi connectivity index (χ4n) is 3.71.